The summed E-state index contributed by atoms with van der Waals surface area (Å²) in [7, 11) is -3.60. The fourth-order valence-corrected chi connectivity index (χ4v) is 6.85. The van der Waals surface area contributed by atoms with Crippen LogP contribution < -0.4 is 5.32 Å². The molecule has 0 radical (unpaired) electrons. The van der Waals surface area contributed by atoms with Crippen LogP contribution in [0.2, 0.25) is 0 Å². The predicted octanol–water partition coefficient (Wildman–Crippen LogP) is 3.25. The molecule has 1 atom stereocenters. The Morgan fingerprint density at radius 3 is 2.45 bits per heavy atom. The normalized spacial score (nSPS) is 18.2. The second kappa shape index (κ2) is 9.95. The number of rotatable bonds is 8. The highest BCUT2D eigenvalue weighted by molar-refractivity contribution is 7.89. The molecule has 9 heteroatoms. The van der Waals surface area contributed by atoms with Crippen molar-refractivity contribution in [3.8, 4) is 0 Å². The van der Waals surface area contributed by atoms with Gasteiger partial charge in [-0.2, -0.15) is 4.31 Å². The maximum absolute atomic E-state index is 13.1. The number of hydrogen-bond donors (Lipinski definition) is 1. The average Bonchev–Trinajstić information content (AvgIpc) is 3.50. The second-order valence-corrected chi connectivity index (χ2v) is 11.8. The number of carbonyl (C=O) groups is 2. The number of benzene rings is 1. The SMILES string of the molecule is Cc1ccc(C)c(S(=O)(=O)N2CCN(C(=O)CCC(=O)NC(c3cccs3)C3CC3)CC2)c1. The van der Waals surface area contributed by atoms with Crippen LogP contribution in [0.3, 0.4) is 0 Å². The van der Waals surface area contributed by atoms with Gasteiger partial charge in [0.25, 0.3) is 0 Å². The lowest BCUT2D eigenvalue weighted by Gasteiger charge is -2.34. The number of nitrogens with one attached hydrogen (secondary N) is 1. The molecule has 1 saturated carbocycles. The zero-order valence-corrected chi connectivity index (χ0v) is 20.8. The summed E-state index contributed by atoms with van der Waals surface area (Å²) in [5, 5.41) is 5.12. The standard InChI is InChI=1S/C24H31N3O4S2/c1-17-5-6-18(2)21(16-17)33(30,31)27-13-11-26(12-14-27)23(29)10-9-22(28)25-24(19-7-8-19)20-4-3-15-32-20/h3-6,15-16,19,24H,7-14H2,1-2H3,(H,25,28). The first-order valence-electron chi connectivity index (χ1n) is 11.4. The molecular formula is C24H31N3O4S2. The lowest BCUT2D eigenvalue weighted by Crippen LogP contribution is -2.50. The molecule has 2 aliphatic rings. The summed E-state index contributed by atoms with van der Waals surface area (Å²) < 4.78 is 27.6. The third-order valence-corrected chi connectivity index (χ3v) is 9.37. The van der Waals surface area contributed by atoms with Gasteiger partial charge < -0.3 is 10.2 Å². The second-order valence-electron chi connectivity index (χ2n) is 8.95. The molecular weight excluding hydrogens is 458 g/mol. The van der Waals surface area contributed by atoms with Gasteiger partial charge >= 0.3 is 0 Å². The molecule has 1 N–H and O–H groups in total. The van der Waals surface area contributed by atoms with Crippen LogP contribution >= 0.6 is 11.3 Å². The van der Waals surface area contributed by atoms with Crippen LogP contribution in [0.25, 0.3) is 0 Å². The quantitative estimate of drug-likeness (QED) is 0.617. The van der Waals surface area contributed by atoms with E-state index in [2.05, 4.69) is 5.32 Å². The third kappa shape index (κ3) is 5.65. The summed E-state index contributed by atoms with van der Waals surface area (Å²) in [4.78, 5) is 28.3. The van der Waals surface area contributed by atoms with E-state index >= 15 is 0 Å². The number of hydrogen-bond acceptors (Lipinski definition) is 5. The molecule has 1 aliphatic heterocycles. The molecule has 2 fully saturated rings. The van der Waals surface area contributed by atoms with Crippen LogP contribution in [0.5, 0.6) is 0 Å². The van der Waals surface area contributed by atoms with Gasteiger partial charge in [0.2, 0.25) is 21.8 Å². The number of thiophene rings is 1. The van der Waals surface area contributed by atoms with Crippen molar-refractivity contribution in [3.05, 3.63) is 51.7 Å². The lowest BCUT2D eigenvalue weighted by molar-refractivity contribution is -0.134. The Balaban J connectivity index is 1.27. The Labute approximate surface area is 199 Å². The minimum Gasteiger partial charge on any atom is -0.348 e. The maximum Gasteiger partial charge on any atom is 0.243 e. The van der Waals surface area contributed by atoms with Crippen LogP contribution in [0.15, 0.2) is 40.6 Å². The number of sulfonamides is 1. The first kappa shape index (κ1) is 23.9. The van der Waals surface area contributed by atoms with Gasteiger partial charge in [-0.15, -0.1) is 11.3 Å². The van der Waals surface area contributed by atoms with Gasteiger partial charge in [-0.25, -0.2) is 8.42 Å². The van der Waals surface area contributed by atoms with Crippen molar-refractivity contribution in [2.24, 2.45) is 5.92 Å². The van der Waals surface area contributed by atoms with Crippen LogP contribution in [0, 0.1) is 19.8 Å². The summed E-state index contributed by atoms with van der Waals surface area (Å²) >= 11 is 1.65. The van der Waals surface area contributed by atoms with Gasteiger partial charge in [0.05, 0.1) is 10.9 Å². The minimum absolute atomic E-state index is 0.0476. The largest absolute Gasteiger partial charge is 0.348 e. The van der Waals surface area contributed by atoms with Crippen molar-refractivity contribution in [2.75, 3.05) is 26.2 Å². The molecule has 1 aliphatic carbocycles. The molecule has 2 heterocycles. The Morgan fingerprint density at radius 1 is 1.09 bits per heavy atom. The summed E-state index contributed by atoms with van der Waals surface area (Å²) in [6, 6.07) is 9.50. The van der Waals surface area contributed by atoms with Gasteiger partial charge in [-0.1, -0.05) is 18.2 Å². The molecule has 178 valence electrons. The van der Waals surface area contributed by atoms with Crippen molar-refractivity contribution in [2.45, 2.75) is 50.5 Å². The number of amides is 2. The zero-order valence-electron chi connectivity index (χ0n) is 19.1. The van der Waals surface area contributed by atoms with Crippen LogP contribution in [-0.4, -0.2) is 55.6 Å². The first-order chi connectivity index (χ1) is 15.8. The fourth-order valence-electron chi connectivity index (χ4n) is 4.25. The van der Waals surface area contributed by atoms with E-state index in [0.29, 0.717) is 23.9 Å². The molecule has 7 nitrogen and oxygen atoms in total. The minimum atomic E-state index is -3.60. The smallest absolute Gasteiger partial charge is 0.243 e. The summed E-state index contributed by atoms with van der Waals surface area (Å²) in [6.07, 6.45) is 2.53. The van der Waals surface area contributed by atoms with Crippen molar-refractivity contribution in [1.29, 1.82) is 0 Å². The molecule has 2 amide bonds. The fraction of sp³-hybridized carbons (Fsp3) is 0.500. The zero-order chi connectivity index (χ0) is 23.6. The number of carbonyl (C=O) groups excluding carboxylic acids is 2. The van der Waals surface area contributed by atoms with E-state index < -0.39 is 10.0 Å². The van der Waals surface area contributed by atoms with E-state index in [0.717, 1.165) is 24.0 Å². The highest BCUT2D eigenvalue weighted by atomic mass is 32.2. The van der Waals surface area contributed by atoms with Gasteiger partial charge in [-0.05, 0) is 61.2 Å². The van der Waals surface area contributed by atoms with Crippen molar-refractivity contribution >= 4 is 33.2 Å². The summed E-state index contributed by atoms with van der Waals surface area (Å²) in [5.41, 5.74) is 1.62. The monoisotopic (exact) mass is 489 g/mol. The highest BCUT2D eigenvalue weighted by Gasteiger charge is 2.34. The van der Waals surface area contributed by atoms with Crippen molar-refractivity contribution in [3.63, 3.8) is 0 Å². The molecule has 1 aromatic heterocycles. The molecule has 4 rings (SSSR count). The Morgan fingerprint density at radius 2 is 1.82 bits per heavy atom. The molecule has 2 aromatic rings. The van der Waals surface area contributed by atoms with Crippen molar-refractivity contribution < 1.29 is 18.0 Å². The van der Waals surface area contributed by atoms with Gasteiger partial charge in [0.15, 0.2) is 0 Å². The van der Waals surface area contributed by atoms with E-state index in [4.69, 9.17) is 0 Å². The average molecular weight is 490 g/mol. The molecule has 0 bridgehead atoms. The van der Waals surface area contributed by atoms with E-state index in [1.807, 2.05) is 36.6 Å². The van der Waals surface area contributed by atoms with Crippen LogP contribution in [-0.2, 0) is 19.6 Å². The van der Waals surface area contributed by atoms with Gasteiger partial charge in [0.1, 0.15) is 0 Å². The number of piperazine rings is 1. The summed E-state index contributed by atoms with van der Waals surface area (Å²) in [5.74, 6) is 0.285. The molecule has 1 aromatic carbocycles. The van der Waals surface area contributed by atoms with Crippen molar-refractivity contribution in [1.82, 2.24) is 14.5 Å². The molecule has 0 spiro atoms. The number of aryl methyl sites for hydroxylation is 2. The number of nitrogens with zero attached hydrogens (tertiary/aromatic N) is 2. The summed E-state index contributed by atoms with van der Waals surface area (Å²) in [6.45, 7) is 4.86. The van der Waals surface area contributed by atoms with E-state index in [1.54, 1.807) is 29.2 Å². The highest BCUT2D eigenvalue weighted by Crippen LogP contribution is 2.42. The molecule has 33 heavy (non-hydrogen) atoms. The van der Waals surface area contributed by atoms with E-state index in [-0.39, 0.29) is 43.8 Å². The Kier molecular flexibility index (Phi) is 7.21. The third-order valence-electron chi connectivity index (χ3n) is 6.38. The Bertz CT molecular complexity index is 1100. The van der Waals surface area contributed by atoms with Crippen LogP contribution in [0.4, 0.5) is 0 Å². The lowest BCUT2D eigenvalue weighted by atomic mass is 10.1. The maximum atomic E-state index is 13.1. The molecule has 1 saturated heterocycles. The molecule has 1 unspecified atom stereocenters. The van der Waals surface area contributed by atoms with E-state index in [9.17, 15) is 18.0 Å². The van der Waals surface area contributed by atoms with Crippen LogP contribution in [0.1, 0.15) is 47.7 Å². The van der Waals surface area contributed by atoms with E-state index in [1.165, 1.54) is 9.18 Å². The van der Waals surface area contributed by atoms with Gasteiger partial charge in [0, 0.05) is 43.9 Å². The predicted molar refractivity (Wildman–Crippen MR) is 128 cm³/mol. The van der Waals surface area contributed by atoms with Gasteiger partial charge in [-0.3, -0.25) is 9.59 Å². The topological polar surface area (TPSA) is 86.8 Å². The Hall–Kier alpha value is -2.23. The first-order valence-corrected chi connectivity index (χ1v) is 13.8.